The van der Waals surface area contributed by atoms with Gasteiger partial charge in [-0.1, -0.05) is 30.3 Å². The first-order valence-electron chi connectivity index (χ1n) is 8.91. The standard InChI is InChI=1S/C20H26N2O4S/c1-4-26-17-10-12-18(13-11-17)27(24,25)22-19(20(23)21-15(2)3)14-16-8-6-5-7-9-16/h5-13,15,19,22H,4,14H2,1-3H3,(H,21,23)/t19-/m1/s1. The predicted molar refractivity (Wildman–Crippen MR) is 105 cm³/mol. The first kappa shape index (κ1) is 20.9. The molecule has 146 valence electrons. The first-order valence-corrected chi connectivity index (χ1v) is 10.4. The molecule has 0 aliphatic rings. The van der Waals surface area contributed by atoms with Crippen LogP contribution < -0.4 is 14.8 Å². The minimum absolute atomic E-state index is 0.0846. The molecule has 0 saturated carbocycles. The van der Waals surface area contributed by atoms with Gasteiger partial charge in [-0.15, -0.1) is 0 Å². The van der Waals surface area contributed by atoms with Crippen LogP contribution in [0.4, 0.5) is 0 Å². The number of carbonyl (C=O) groups excluding carboxylic acids is 1. The molecule has 2 aromatic rings. The topological polar surface area (TPSA) is 84.5 Å². The summed E-state index contributed by atoms with van der Waals surface area (Å²) in [5.41, 5.74) is 0.871. The van der Waals surface area contributed by atoms with Gasteiger partial charge in [-0.2, -0.15) is 4.72 Å². The molecule has 0 aromatic heterocycles. The van der Waals surface area contributed by atoms with Gasteiger partial charge in [0.25, 0.3) is 0 Å². The Morgan fingerprint density at radius 3 is 2.22 bits per heavy atom. The van der Waals surface area contributed by atoms with Gasteiger partial charge in [0.1, 0.15) is 11.8 Å². The summed E-state index contributed by atoms with van der Waals surface area (Å²) in [6, 6.07) is 14.4. The van der Waals surface area contributed by atoms with Crippen molar-refractivity contribution in [3.8, 4) is 5.75 Å². The van der Waals surface area contributed by atoms with Crippen molar-refractivity contribution in [2.45, 2.75) is 44.2 Å². The molecule has 0 spiro atoms. The lowest BCUT2D eigenvalue weighted by Crippen LogP contribution is -2.49. The van der Waals surface area contributed by atoms with Gasteiger partial charge in [0, 0.05) is 6.04 Å². The molecule has 7 heteroatoms. The van der Waals surface area contributed by atoms with Crippen LogP contribution in [0.3, 0.4) is 0 Å². The van der Waals surface area contributed by atoms with E-state index in [0.29, 0.717) is 12.4 Å². The third-order valence-corrected chi connectivity index (χ3v) is 5.26. The highest BCUT2D eigenvalue weighted by Gasteiger charge is 2.26. The number of rotatable bonds is 9. The number of benzene rings is 2. The summed E-state index contributed by atoms with van der Waals surface area (Å²) in [6.07, 6.45) is 0.260. The van der Waals surface area contributed by atoms with Crippen molar-refractivity contribution in [3.63, 3.8) is 0 Å². The van der Waals surface area contributed by atoms with E-state index in [1.165, 1.54) is 12.1 Å². The summed E-state index contributed by atoms with van der Waals surface area (Å²) in [5.74, 6) is 0.234. The Balaban J connectivity index is 2.22. The van der Waals surface area contributed by atoms with Crippen molar-refractivity contribution >= 4 is 15.9 Å². The summed E-state index contributed by atoms with van der Waals surface area (Å²) >= 11 is 0. The van der Waals surface area contributed by atoms with Crippen molar-refractivity contribution in [2.75, 3.05) is 6.61 Å². The summed E-state index contributed by atoms with van der Waals surface area (Å²) in [7, 11) is -3.86. The maximum atomic E-state index is 12.8. The number of nitrogens with one attached hydrogen (secondary N) is 2. The lowest BCUT2D eigenvalue weighted by Gasteiger charge is -2.20. The van der Waals surface area contributed by atoms with Gasteiger partial charge in [-0.05, 0) is 57.0 Å². The fourth-order valence-corrected chi connectivity index (χ4v) is 3.76. The van der Waals surface area contributed by atoms with Gasteiger partial charge in [0.2, 0.25) is 15.9 Å². The molecular weight excluding hydrogens is 364 g/mol. The number of hydrogen-bond donors (Lipinski definition) is 2. The van der Waals surface area contributed by atoms with Crippen molar-refractivity contribution in [1.82, 2.24) is 10.0 Å². The largest absolute Gasteiger partial charge is 0.494 e. The van der Waals surface area contributed by atoms with Gasteiger partial charge in [-0.3, -0.25) is 4.79 Å². The highest BCUT2D eigenvalue weighted by Crippen LogP contribution is 2.17. The van der Waals surface area contributed by atoms with Crippen LogP contribution in [0.15, 0.2) is 59.5 Å². The number of carbonyl (C=O) groups is 1. The molecule has 1 amide bonds. The molecule has 2 N–H and O–H groups in total. The van der Waals surface area contributed by atoms with Crippen LogP contribution in [-0.2, 0) is 21.2 Å². The number of hydrogen-bond acceptors (Lipinski definition) is 4. The molecule has 2 rings (SSSR count). The lowest BCUT2D eigenvalue weighted by molar-refractivity contribution is -0.123. The maximum absolute atomic E-state index is 12.8. The Morgan fingerprint density at radius 1 is 1.04 bits per heavy atom. The van der Waals surface area contributed by atoms with E-state index in [1.807, 2.05) is 51.1 Å². The van der Waals surface area contributed by atoms with Gasteiger partial charge in [0.15, 0.2) is 0 Å². The van der Waals surface area contributed by atoms with Crippen molar-refractivity contribution < 1.29 is 17.9 Å². The van der Waals surface area contributed by atoms with Crippen LogP contribution in [0.1, 0.15) is 26.3 Å². The Hall–Kier alpha value is -2.38. The quantitative estimate of drug-likeness (QED) is 0.689. The van der Waals surface area contributed by atoms with Crippen molar-refractivity contribution in [2.24, 2.45) is 0 Å². The van der Waals surface area contributed by atoms with E-state index in [2.05, 4.69) is 10.0 Å². The van der Waals surface area contributed by atoms with Crippen LogP contribution in [0.25, 0.3) is 0 Å². The average Bonchev–Trinajstić information content (AvgIpc) is 2.62. The van der Waals surface area contributed by atoms with Crippen LogP contribution >= 0.6 is 0 Å². The molecule has 0 aliphatic heterocycles. The van der Waals surface area contributed by atoms with Gasteiger partial charge in [0.05, 0.1) is 11.5 Å². The second-order valence-corrected chi connectivity index (χ2v) is 8.15. The second-order valence-electron chi connectivity index (χ2n) is 6.43. The highest BCUT2D eigenvalue weighted by molar-refractivity contribution is 7.89. The fraction of sp³-hybridized carbons (Fsp3) is 0.350. The van der Waals surface area contributed by atoms with Crippen molar-refractivity contribution in [3.05, 3.63) is 60.2 Å². The Morgan fingerprint density at radius 2 is 1.67 bits per heavy atom. The van der Waals surface area contributed by atoms with Gasteiger partial charge < -0.3 is 10.1 Å². The van der Waals surface area contributed by atoms with Gasteiger partial charge in [-0.25, -0.2) is 8.42 Å². The molecule has 0 bridgehead atoms. The van der Waals surface area contributed by atoms with E-state index in [4.69, 9.17) is 4.74 Å². The summed E-state index contributed by atoms with van der Waals surface area (Å²) in [4.78, 5) is 12.6. The molecule has 0 fully saturated rings. The van der Waals surface area contributed by atoms with E-state index in [0.717, 1.165) is 5.56 Å². The smallest absolute Gasteiger partial charge is 0.241 e. The van der Waals surface area contributed by atoms with Crippen LogP contribution in [0, 0.1) is 0 Å². The van der Waals surface area contributed by atoms with Crippen LogP contribution in [-0.4, -0.2) is 33.0 Å². The Kier molecular flexibility index (Phi) is 7.38. The van der Waals surface area contributed by atoms with E-state index < -0.39 is 16.1 Å². The third-order valence-electron chi connectivity index (χ3n) is 3.77. The van der Waals surface area contributed by atoms with Crippen LogP contribution in [0.5, 0.6) is 5.75 Å². The van der Waals surface area contributed by atoms with Gasteiger partial charge >= 0.3 is 0 Å². The predicted octanol–water partition coefficient (Wildman–Crippen LogP) is 2.50. The monoisotopic (exact) mass is 390 g/mol. The molecule has 0 radical (unpaired) electrons. The SMILES string of the molecule is CCOc1ccc(S(=O)(=O)N[C@H](Cc2ccccc2)C(=O)NC(C)C)cc1. The number of ether oxygens (including phenoxy) is 1. The third kappa shape index (κ3) is 6.37. The molecule has 6 nitrogen and oxygen atoms in total. The minimum Gasteiger partial charge on any atom is -0.494 e. The normalized spacial score (nSPS) is 12.6. The Labute approximate surface area is 161 Å². The zero-order valence-electron chi connectivity index (χ0n) is 15.8. The molecule has 1 atom stereocenters. The number of sulfonamides is 1. The average molecular weight is 391 g/mol. The number of amides is 1. The van der Waals surface area contributed by atoms with E-state index >= 15 is 0 Å². The summed E-state index contributed by atoms with van der Waals surface area (Å²) < 4.78 is 33.4. The highest BCUT2D eigenvalue weighted by atomic mass is 32.2. The lowest BCUT2D eigenvalue weighted by atomic mass is 10.1. The molecule has 0 aliphatic carbocycles. The second kappa shape index (κ2) is 9.53. The van der Waals surface area contributed by atoms with Crippen LogP contribution in [0.2, 0.25) is 0 Å². The summed E-state index contributed by atoms with van der Waals surface area (Å²) in [6.45, 7) is 6.02. The first-order chi connectivity index (χ1) is 12.8. The zero-order valence-corrected chi connectivity index (χ0v) is 16.6. The molecule has 0 unspecified atom stereocenters. The fourth-order valence-electron chi connectivity index (χ4n) is 2.56. The van der Waals surface area contributed by atoms with E-state index in [9.17, 15) is 13.2 Å². The maximum Gasteiger partial charge on any atom is 0.241 e. The molecular formula is C20H26N2O4S. The minimum atomic E-state index is -3.86. The molecule has 0 saturated heterocycles. The van der Waals surface area contributed by atoms with Crippen molar-refractivity contribution in [1.29, 1.82) is 0 Å². The van der Waals surface area contributed by atoms with E-state index in [-0.39, 0.29) is 23.3 Å². The Bertz CT molecular complexity index is 834. The zero-order chi connectivity index (χ0) is 19.9. The van der Waals surface area contributed by atoms with E-state index in [1.54, 1.807) is 12.1 Å². The molecule has 2 aromatic carbocycles. The molecule has 27 heavy (non-hydrogen) atoms. The summed E-state index contributed by atoms with van der Waals surface area (Å²) in [5, 5.41) is 2.78. The molecule has 0 heterocycles.